The highest BCUT2D eigenvalue weighted by Gasteiger charge is 2.21. The minimum Gasteiger partial charge on any atom is -0.479 e. The number of carbonyl (C=O) groups excluding carboxylic acids is 2. The smallest absolute Gasteiger partial charge is 0.341 e. The first-order valence-electron chi connectivity index (χ1n) is 9.49. The van der Waals surface area contributed by atoms with Gasteiger partial charge in [0.1, 0.15) is 6.79 Å². The lowest BCUT2D eigenvalue weighted by Gasteiger charge is -2.24. The largest absolute Gasteiger partial charge is 0.479 e. The van der Waals surface area contributed by atoms with E-state index in [9.17, 15) is 9.59 Å². The molecule has 30 heavy (non-hydrogen) atoms. The molecule has 7 nitrogen and oxygen atoms in total. The number of Topliss-reactive ketones (excluding diaryl/α,β-unsaturated/α-hetero) is 1. The van der Waals surface area contributed by atoms with Crippen molar-refractivity contribution in [3.63, 3.8) is 0 Å². The van der Waals surface area contributed by atoms with Crippen molar-refractivity contribution < 1.29 is 24.2 Å². The van der Waals surface area contributed by atoms with Crippen molar-refractivity contribution in [2.45, 2.75) is 34.2 Å². The van der Waals surface area contributed by atoms with Gasteiger partial charge in [0.25, 0.3) is 0 Å². The Hall–Kier alpha value is -3.48. The van der Waals surface area contributed by atoms with Crippen LogP contribution in [0.2, 0.25) is 0 Å². The Kier molecular flexibility index (Phi) is 12.8. The van der Waals surface area contributed by atoms with Crippen molar-refractivity contribution in [3.8, 4) is 5.88 Å². The Morgan fingerprint density at radius 2 is 1.77 bits per heavy atom. The van der Waals surface area contributed by atoms with Gasteiger partial charge >= 0.3 is 5.97 Å². The second-order valence-electron chi connectivity index (χ2n) is 5.79. The number of hydrogen-bond acceptors (Lipinski definition) is 6. The number of benzene rings is 1. The molecule has 0 saturated carbocycles. The maximum Gasteiger partial charge on any atom is 0.341 e. The van der Waals surface area contributed by atoms with Crippen LogP contribution in [0.5, 0.6) is 5.88 Å². The molecule has 1 heterocycles. The number of anilines is 1. The molecule has 0 bridgehead atoms. The van der Waals surface area contributed by atoms with Crippen LogP contribution in [0.15, 0.2) is 48.7 Å². The number of aliphatic carboxylic acids is 1. The molecule has 0 amide bonds. The molecule has 0 aliphatic carbocycles. The molecule has 7 heteroatoms. The second-order valence-corrected chi connectivity index (χ2v) is 5.79. The van der Waals surface area contributed by atoms with Gasteiger partial charge in [-0.15, -0.1) is 0 Å². The fourth-order valence-electron chi connectivity index (χ4n) is 2.71. The number of carboxylic acids is 1. The van der Waals surface area contributed by atoms with E-state index in [2.05, 4.69) is 4.98 Å². The molecule has 0 radical (unpaired) electrons. The third-order valence-corrected chi connectivity index (χ3v) is 3.84. The number of pyridine rings is 1. The van der Waals surface area contributed by atoms with Gasteiger partial charge in [-0.3, -0.25) is 4.79 Å². The van der Waals surface area contributed by atoms with Crippen LogP contribution in [0.1, 0.15) is 38.8 Å². The van der Waals surface area contributed by atoms with Gasteiger partial charge in [0.15, 0.2) is 12.4 Å². The molecule has 0 aliphatic rings. The van der Waals surface area contributed by atoms with E-state index >= 15 is 0 Å². The Morgan fingerprint density at radius 3 is 2.27 bits per heavy atom. The molecule has 0 spiro atoms. The Bertz CT molecular complexity index is 835. The summed E-state index contributed by atoms with van der Waals surface area (Å²) in [6, 6.07) is 11.7. The van der Waals surface area contributed by atoms with Crippen LogP contribution in [0.3, 0.4) is 0 Å². The van der Waals surface area contributed by atoms with Crippen molar-refractivity contribution >= 4 is 29.8 Å². The van der Waals surface area contributed by atoms with E-state index in [1.165, 1.54) is 6.92 Å². The number of carbonyl (C=O) groups is 3. The maximum absolute atomic E-state index is 12.1. The number of nitrogens with zero attached hydrogens (tertiary/aromatic N) is 2. The predicted octanol–water partition coefficient (Wildman–Crippen LogP) is 4.02. The number of ether oxygens (including phenoxy) is 1. The molecule has 162 valence electrons. The number of hydrogen-bond donors (Lipinski definition) is 1. The summed E-state index contributed by atoms with van der Waals surface area (Å²) in [6.07, 6.45) is 3.23. The maximum atomic E-state index is 12.1. The van der Waals surface area contributed by atoms with Gasteiger partial charge in [-0.05, 0) is 25.5 Å². The van der Waals surface area contributed by atoms with Crippen molar-refractivity contribution in [2.75, 3.05) is 18.6 Å². The fraction of sp³-hybridized carbons (Fsp3) is 0.304. The predicted molar refractivity (Wildman–Crippen MR) is 119 cm³/mol. The fourth-order valence-corrected chi connectivity index (χ4v) is 2.71. The second kappa shape index (κ2) is 14.5. The number of ketones is 1. The molecule has 0 aliphatic heterocycles. The molecule has 2 aromatic rings. The third-order valence-electron chi connectivity index (χ3n) is 3.84. The molecule has 0 saturated heterocycles. The lowest BCUT2D eigenvalue weighted by molar-refractivity contribution is -0.139. The average molecular weight is 415 g/mol. The lowest BCUT2D eigenvalue weighted by atomic mass is 10.0. The van der Waals surface area contributed by atoms with Gasteiger partial charge in [-0.1, -0.05) is 50.3 Å². The minimum absolute atomic E-state index is 0.133. The number of carboxylic acid groups (broad SMARTS) is 1. The third kappa shape index (κ3) is 7.87. The molecular weight excluding hydrogens is 384 g/mol. The molecule has 1 aromatic heterocycles. The summed E-state index contributed by atoms with van der Waals surface area (Å²) in [4.78, 5) is 37.1. The Balaban J connectivity index is 0.00000198. The highest BCUT2D eigenvalue weighted by Crippen LogP contribution is 2.34. The first-order valence-corrected chi connectivity index (χ1v) is 9.49. The van der Waals surface area contributed by atoms with Crippen LogP contribution in [0.25, 0.3) is 5.57 Å². The van der Waals surface area contributed by atoms with Gasteiger partial charge < -0.3 is 19.5 Å². The lowest BCUT2D eigenvalue weighted by Crippen LogP contribution is -2.20. The number of aromatic nitrogens is 1. The Labute approximate surface area is 178 Å². The van der Waals surface area contributed by atoms with Crippen molar-refractivity contribution in [3.05, 3.63) is 59.8 Å². The zero-order valence-corrected chi connectivity index (χ0v) is 18.2. The summed E-state index contributed by atoms with van der Waals surface area (Å²) in [5.74, 6) is -1.12. The van der Waals surface area contributed by atoms with Gasteiger partial charge in [-0.25, -0.2) is 9.78 Å². The van der Waals surface area contributed by atoms with Crippen molar-refractivity contribution in [1.82, 2.24) is 4.98 Å². The van der Waals surface area contributed by atoms with Crippen LogP contribution in [-0.4, -0.2) is 42.3 Å². The summed E-state index contributed by atoms with van der Waals surface area (Å²) in [7, 11) is 1.90. The summed E-state index contributed by atoms with van der Waals surface area (Å²) >= 11 is 0. The topological polar surface area (TPSA) is 96.8 Å². The van der Waals surface area contributed by atoms with Crippen molar-refractivity contribution in [2.24, 2.45) is 0 Å². The summed E-state index contributed by atoms with van der Waals surface area (Å²) < 4.78 is 5.34. The van der Waals surface area contributed by atoms with Crippen LogP contribution in [-0.2, 0) is 20.9 Å². The van der Waals surface area contributed by atoms with Gasteiger partial charge in [0.2, 0.25) is 5.88 Å². The van der Waals surface area contributed by atoms with Gasteiger partial charge in [-0.2, -0.15) is 0 Å². The van der Waals surface area contributed by atoms with E-state index in [0.29, 0.717) is 17.7 Å². The van der Waals surface area contributed by atoms with Crippen LogP contribution < -0.4 is 9.64 Å². The SMILES string of the molecule is C/C=C(\C(C)=O)c1c(N(C)Cc2ccccc2)ccnc1OCC(=O)O.C=O.CC. The van der Waals surface area contributed by atoms with E-state index in [-0.39, 0.29) is 11.7 Å². The van der Waals surface area contributed by atoms with Gasteiger partial charge in [0.05, 0.1) is 11.3 Å². The first-order chi connectivity index (χ1) is 14.4. The number of rotatable bonds is 8. The molecular formula is C23H30N2O5. The highest BCUT2D eigenvalue weighted by atomic mass is 16.5. The van der Waals surface area contributed by atoms with E-state index in [1.54, 1.807) is 25.3 Å². The molecule has 1 aromatic carbocycles. The standard InChI is InChI=1S/C20H22N2O4.C2H6.CH2O/c1-4-16(14(2)23)19-17(10-11-21-20(19)26-13-18(24)25)22(3)12-15-8-6-5-7-9-15;2*1-2/h4-11H,12-13H2,1-3H3,(H,24,25);1-2H3;1H2/b16-4+;;. The zero-order valence-electron chi connectivity index (χ0n) is 18.2. The quantitative estimate of drug-likeness (QED) is 0.652. The first kappa shape index (κ1) is 26.5. The molecule has 0 unspecified atom stereocenters. The van der Waals surface area contributed by atoms with E-state index in [0.717, 1.165) is 11.3 Å². The average Bonchev–Trinajstić information content (AvgIpc) is 2.76. The highest BCUT2D eigenvalue weighted by molar-refractivity contribution is 6.21. The van der Waals surface area contributed by atoms with E-state index < -0.39 is 12.6 Å². The zero-order chi connectivity index (χ0) is 23.1. The van der Waals surface area contributed by atoms with E-state index in [1.807, 2.05) is 62.9 Å². The number of allylic oxidation sites excluding steroid dienone is 2. The summed E-state index contributed by atoms with van der Waals surface area (Å²) in [6.45, 7) is 9.31. The molecule has 2 rings (SSSR count). The van der Waals surface area contributed by atoms with Gasteiger partial charge in [0, 0.05) is 25.4 Å². The minimum atomic E-state index is -1.11. The van der Waals surface area contributed by atoms with Crippen LogP contribution in [0.4, 0.5) is 5.69 Å². The Morgan fingerprint density at radius 1 is 1.17 bits per heavy atom. The van der Waals surface area contributed by atoms with Crippen LogP contribution in [0, 0.1) is 0 Å². The molecule has 0 atom stereocenters. The van der Waals surface area contributed by atoms with Crippen LogP contribution >= 0.6 is 0 Å². The van der Waals surface area contributed by atoms with E-state index in [4.69, 9.17) is 14.6 Å². The molecule has 1 N–H and O–H groups in total. The summed E-state index contributed by atoms with van der Waals surface area (Å²) in [5, 5.41) is 8.90. The monoisotopic (exact) mass is 414 g/mol. The van der Waals surface area contributed by atoms with Crippen molar-refractivity contribution in [1.29, 1.82) is 0 Å². The summed E-state index contributed by atoms with van der Waals surface area (Å²) in [5.41, 5.74) is 2.79. The normalized spacial score (nSPS) is 9.97. The molecule has 0 fully saturated rings.